The van der Waals surface area contributed by atoms with Crippen LogP contribution in [0.2, 0.25) is 0 Å². The highest BCUT2D eigenvalue weighted by molar-refractivity contribution is 7.00. The van der Waals surface area contributed by atoms with Gasteiger partial charge >= 0.3 is 0 Å². The molecule has 0 fully saturated rings. The molecule has 12 N–H and O–H groups in total. The van der Waals surface area contributed by atoms with Gasteiger partial charge in [-0.2, -0.15) is 26.2 Å². The van der Waals surface area contributed by atoms with Crippen LogP contribution >= 0.6 is 35.2 Å². The van der Waals surface area contributed by atoms with Gasteiger partial charge in [-0.3, -0.25) is 14.4 Å². The van der Waals surface area contributed by atoms with Gasteiger partial charge in [0.15, 0.2) is 86.7 Å². The molecule has 3 aliphatic heterocycles. The fourth-order valence-corrected chi connectivity index (χ4v) is 12.6. The van der Waals surface area contributed by atoms with Crippen LogP contribution in [-0.2, 0) is 5.41 Å². The van der Waals surface area contributed by atoms with Gasteiger partial charge in [-0.1, -0.05) is 119 Å². The Bertz CT molecular complexity index is 4460. The lowest BCUT2D eigenvalue weighted by Crippen LogP contribution is -2.27. The SMILES string of the molecule is CC(C)(C)[C@@H](Nc1nsnc1Nc1cccc(C(N)=O)c1O)c1ccc2c(c1)OCO2.CN(C)C(=O)c1c(C(C)(C)C)ccc(Nc2nsnc2N[C@@H](c2ccc3c(c2)OCO3)C(C)(C)C)c1O.CNC(=O)c1cccc(Nc2nsnc2N[C@@H](c2ccc3c(c2)OCO3)C(C)(C)C)c1O. The van der Waals surface area contributed by atoms with Crippen molar-refractivity contribution in [3.63, 3.8) is 0 Å². The molecule has 30 heteroatoms. The number of nitrogens with zero attached hydrogens (tertiary/aromatic N) is 7. The van der Waals surface area contributed by atoms with Gasteiger partial charge in [-0.05, 0) is 111 Å². The average Bonchev–Trinajstić information content (AvgIpc) is 0.906. The maximum atomic E-state index is 13.0. The molecule has 528 valence electrons. The Kier molecular flexibility index (Phi) is 21.3. The number of aromatic nitrogens is 6. The molecule has 0 radical (unpaired) electrons. The molecule has 0 aliphatic carbocycles. The Hall–Kier alpha value is -10.6. The van der Waals surface area contributed by atoms with Crippen LogP contribution in [0.3, 0.4) is 0 Å². The van der Waals surface area contributed by atoms with Crippen LogP contribution in [0.5, 0.6) is 51.7 Å². The third kappa shape index (κ3) is 16.4. The number of hydrogen-bond donors (Lipinski definition) is 11. The van der Waals surface area contributed by atoms with Gasteiger partial charge in [0.2, 0.25) is 20.4 Å². The van der Waals surface area contributed by atoms with Crippen LogP contribution in [0.1, 0.15) is 155 Å². The largest absolute Gasteiger partial charge is 0.505 e. The molecule has 100 heavy (non-hydrogen) atoms. The van der Waals surface area contributed by atoms with E-state index in [0.717, 1.165) is 74.7 Å². The number of ether oxygens (including phenoxy) is 6. The molecule has 6 heterocycles. The van der Waals surface area contributed by atoms with Gasteiger partial charge in [0, 0.05) is 21.1 Å². The molecule has 9 aromatic rings. The number of amides is 3. The topological polar surface area (TPSA) is 358 Å². The summed E-state index contributed by atoms with van der Waals surface area (Å²) in [7, 11) is 4.85. The fraction of sp³-hybridized carbons (Fsp3) is 0.357. The first kappa shape index (κ1) is 72.2. The number of hydrogen-bond acceptors (Lipinski definition) is 27. The van der Waals surface area contributed by atoms with Gasteiger partial charge in [-0.15, -0.1) is 0 Å². The summed E-state index contributed by atoms with van der Waals surface area (Å²) in [6, 6.07) is 30.5. The molecule has 0 bridgehead atoms. The Balaban J connectivity index is 0.000000163. The molecule has 0 spiro atoms. The van der Waals surface area contributed by atoms with Crippen molar-refractivity contribution < 1.29 is 58.1 Å². The molecule has 0 saturated heterocycles. The first-order valence-electron chi connectivity index (χ1n) is 31.8. The molecule has 0 unspecified atom stereocenters. The van der Waals surface area contributed by atoms with Gasteiger partial charge in [0.1, 0.15) is 0 Å². The van der Waals surface area contributed by atoms with Crippen LogP contribution in [0.25, 0.3) is 0 Å². The normalized spacial score (nSPS) is 13.7. The molecule has 3 aliphatic rings. The number of phenols is 3. The number of primary amides is 1. The number of anilines is 9. The Morgan fingerprint density at radius 1 is 0.460 bits per heavy atom. The number of para-hydroxylation sites is 2. The molecular weight excluding hydrogens is 1340 g/mol. The van der Waals surface area contributed by atoms with Gasteiger partial charge in [0.05, 0.1) is 87.1 Å². The number of carbonyl (C=O) groups excluding carboxylic acids is 3. The summed E-state index contributed by atoms with van der Waals surface area (Å²) >= 11 is 3.13. The van der Waals surface area contributed by atoms with Crippen molar-refractivity contribution in [2.24, 2.45) is 22.0 Å². The van der Waals surface area contributed by atoms with E-state index in [2.05, 4.69) is 126 Å². The number of rotatable bonds is 18. The van der Waals surface area contributed by atoms with E-state index in [1.807, 2.05) is 81.4 Å². The van der Waals surface area contributed by atoms with E-state index in [0.29, 0.717) is 69.2 Å². The number of benzene rings is 6. The van der Waals surface area contributed by atoms with Crippen molar-refractivity contribution in [1.29, 1.82) is 0 Å². The smallest absolute Gasteiger partial charge is 0.257 e. The quantitative estimate of drug-likeness (QED) is 0.0355. The summed E-state index contributed by atoms with van der Waals surface area (Å²) in [5.41, 5.74) is 9.77. The van der Waals surface area contributed by atoms with E-state index in [4.69, 9.17) is 34.2 Å². The number of fused-ring (bicyclic) bond motifs is 3. The van der Waals surface area contributed by atoms with Crippen molar-refractivity contribution in [2.45, 2.75) is 107 Å². The van der Waals surface area contributed by atoms with E-state index in [1.165, 1.54) is 18.0 Å². The van der Waals surface area contributed by atoms with E-state index in [1.54, 1.807) is 50.5 Å². The second kappa shape index (κ2) is 29.5. The number of carbonyl (C=O) groups is 3. The number of nitrogens with two attached hydrogens (primary N) is 1. The van der Waals surface area contributed by atoms with Crippen LogP contribution in [-0.4, -0.2) is 106 Å². The zero-order valence-corrected chi connectivity index (χ0v) is 60.6. The lowest BCUT2D eigenvalue weighted by atomic mass is 9.82. The molecule has 3 atom stereocenters. The summed E-state index contributed by atoms with van der Waals surface area (Å²) in [4.78, 5) is 38.0. The van der Waals surface area contributed by atoms with Gasteiger partial charge in [0.25, 0.3) is 17.7 Å². The first-order chi connectivity index (χ1) is 47.3. The second-order valence-electron chi connectivity index (χ2n) is 28.1. The van der Waals surface area contributed by atoms with Crippen LogP contribution < -0.4 is 71.4 Å². The van der Waals surface area contributed by atoms with Crippen molar-refractivity contribution in [3.8, 4) is 51.7 Å². The summed E-state index contributed by atoms with van der Waals surface area (Å²) in [6.45, 7) is 25.8. The predicted molar refractivity (Wildman–Crippen MR) is 388 cm³/mol. The summed E-state index contributed by atoms with van der Waals surface area (Å²) in [5, 5.41) is 54.4. The summed E-state index contributed by atoms with van der Waals surface area (Å²) in [5.74, 6) is 5.37. The molecule has 6 aromatic carbocycles. The zero-order chi connectivity index (χ0) is 72.2. The van der Waals surface area contributed by atoms with Crippen LogP contribution in [0.15, 0.2) is 103 Å². The van der Waals surface area contributed by atoms with E-state index in [9.17, 15) is 29.7 Å². The summed E-state index contributed by atoms with van der Waals surface area (Å²) in [6.07, 6.45) is 0. The standard InChI is InChI=1S/C27H35N5O4S.C22H25N5O4S.C21H23N5O4S/c1-26(2,3)16-10-11-17(21(33)20(16)25(34)32(7)8)28-23-24(31-37-30-23)29-22(27(4,5)6)15-9-12-18-19(13-15)36-14-35-18;1-22(2,3)18(12-8-9-15-16(10-12)31-11-30-15)25-20-19(26-32-27-20)24-14-7-5-6-13(17(14)28)21(29)23-4;1-21(2,3)17(11-7-8-14-15(9-11)30-10-29-14)24-20-19(25-31-26-20)23-13-6-4-5-12(16(13)27)18(22)28/h9-13,22,33H,14H2,1-8H3,(H,28,30)(H,29,31);5-10,18,28H,11H2,1-4H3,(H,23,29)(H,24,26)(H,25,27);4-9,17,27H,10H2,1-3H3,(H2,22,28)(H,23,25)(H,24,26)/t22-;18-;17-/m000/s1. The minimum atomic E-state index is -0.716. The molecule has 0 saturated carbocycles. The van der Waals surface area contributed by atoms with Crippen molar-refractivity contribution in [1.82, 2.24) is 36.5 Å². The van der Waals surface area contributed by atoms with Crippen molar-refractivity contribution in [2.75, 3.05) is 73.4 Å². The Morgan fingerprint density at radius 3 is 1.14 bits per heavy atom. The van der Waals surface area contributed by atoms with Crippen LogP contribution in [0.4, 0.5) is 52.0 Å². The van der Waals surface area contributed by atoms with Crippen molar-refractivity contribution >= 4 is 105 Å². The third-order valence-corrected chi connectivity index (χ3v) is 17.9. The molecule has 3 amide bonds. The lowest BCUT2D eigenvalue weighted by molar-refractivity contribution is 0.0821. The Labute approximate surface area is 592 Å². The minimum Gasteiger partial charge on any atom is -0.505 e. The number of phenolic OH excluding ortho intramolecular Hbond substituents is 2. The van der Waals surface area contributed by atoms with Gasteiger partial charge < -0.3 is 91.6 Å². The summed E-state index contributed by atoms with van der Waals surface area (Å²) < 4.78 is 59.3. The van der Waals surface area contributed by atoms with E-state index < -0.39 is 5.91 Å². The highest BCUT2D eigenvalue weighted by atomic mass is 32.1. The lowest BCUT2D eigenvalue weighted by Gasteiger charge is -2.32. The van der Waals surface area contributed by atoms with Crippen molar-refractivity contribution in [3.05, 3.63) is 142 Å². The molecule has 3 aromatic heterocycles. The number of nitrogens with one attached hydrogen (secondary N) is 7. The first-order valence-corrected chi connectivity index (χ1v) is 34.0. The minimum absolute atomic E-state index is 0.0237. The second-order valence-corrected chi connectivity index (χ2v) is 29.7. The molecular formula is C70H83N15O12S3. The van der Waals surface area contributed by atoms with E-state index >= 15 is 0 Å². The molecule has 12 rings (SSSR count). The maximum Gasteiger partial charge on any atom is 0.257 e. The Morgan fingerprint density at radius 2 is 0.800 bits per heavy atom. The van der Waals surface area contributed by atoms with Gasteiger partial charge in [-0.25, -0.2) is 0 Å². The average molecular weight is 1420 g/mol. The third-order valence-electron chi connectivity index (χ3n) is 16.3. The fourth-order valence-electron chi connectivity index (χ4n) is 11.1. The van der Waals surface area contributed by atoms with E-state index in [-0.39, 0.29) is 106 Å². The van der Waals surface area contributed by atoms with Crippen LogP contribution in [0, 0.1) is 16.2 Å². The monoisotopic (exact) mass is 1420 g/mol. The predicted octanol–water partition coefficient (Wildman–Crippen LogP) is 14.2. The maximum absolute atomic E-state index is 13.0. The molecule has 27 nitrogen and oxygen atoms in total. The number of aromatic hydroxyl groups is 3. The zero-order valence-electron chi connectivity index (χ0n) is 58.1. The highest BCUT2D eigenvalue weighted by Crippen LogP contribution is 2.47. The highest BCUT2D eigenvalue weighted by Gasteiger charge is 2.35.